The van der Waals surface area contributed by atoms with Gasteiger partial charge in [0.15, 0.2) is 5.65 Å². The molecule has 4 rings (SSSR count). The third-order valence-electron chi connectivity index (χ3n) is 4.62. The Morgan fingerprint density at radius 1 is 1.24 bits per heavy atom. The normalized spacial score (nSPS) is 14.6. The molecule has 0 amide bonds. The van der Waals surface area contributed by atoms with Crippen molar-refractivity contribution in [1.82, 2.24) is 14.8 Å². The van der Waals surface area contributed by atoms with Gasteiger partial charge in [-0.1, -0.05) is 0 Å². The number of carboxylic acid groups (broad SMARTS) is 1. The van der Waals surface area contributed by atoms with Crippen LogP contribution in [0.5, 0.6) is 0 Å². The Kier molecular flexibility index (Phi) is 4.19. The lowest BCUT2D eigenvalue weighted by atomic mass is 9.96. The van der Waals surface area contributed by atoms with Gasteiger partial charge < -0.3 is 9.84 Å². The predicted molar refractivity (Wildman–Crippen MR) is 93.1 cm³/mol. The molecule has 2 aromatic heterocycles. The summed E-state index contributed by atoms with van der Waals surface area (Å²) in [5.74, 6) is -0.941. The van der Waals surface area contributed by atoms with E-state index in [1.54, 1.807) is 35.1 Å². The van der Waals surface area contributed by atoms with Gasteiger partial charge in [0.2, 0.25) is 0 Å². The minimum Gasteiger partial charge on any atom is -0.478 e. The Morgan fingerprint density at radius 2 is 2.04 bits per heavy atom. The lowest BCUT2D eigenvalue weighted by molar-refractivity contribution is 0.00412. The first kappa shape index (κ1) is 15.8. The highest BCUT2D eigenvalue weighted by atomic mass is 16.5. The van der Waals surface area contributed by atoms with E-state index in [4.69, 9.17) is 9.84 Å². The summed E-state index contributed by atoms with van der Waals surface area (Å²) >= 11 is 0. The van der Waals surface area contributed by atoms with Gasteiger partial charge in [-0.3, -0.25) is 0 Å². The second-order valence-corrected chi connectivity index (χ2v) is 6.34. The van der Waals surface area contributed by atoms with Crippen LogP contribution in [-0.2, 0) is 11.2 Å². The molecule has 0 unspecified atom stereocenters. The monoisotopic (exact) mass is 337 g/mol. The zero-order valence-corrected chi connectivity index (χ0v) is 13.8. The van der Waals surface area contributed by atoms with Crippen LogP contribution in [0.2, 0.25) is 0 Å². The highest BCUT2D eigenvalue weighted by molar-refractivity contribution is 5.87. The fourth-order valence-electron chi connectivity index (χ4n) is 2.92. The van der Waals surface area contributed by atoms with Crippen LogP contribution >= 0.6 is 0 Å². The molecule has 0 atom stereocenters. The Labute approximate surface area is 145 Å². The largest absolute Gasteiger partial charge is 0.478 e. The van der Waals surface area contributed by atoms with Gasteiger partial charge >= 0.3 is 5.97 Å². The number of carboxylic acids is 1. The maximum absolute atomic E-state index is 11.0. The van der Waals surface area contributed by atoms with Crippen LogP contribution in [0, 0.1) is 0 Å². The van der Waals surface area contributed by atoms with Crippen molar-refractivity contribution < 1.29 is 14.6 Å². The molecule has 0 bridgehead atoms. The van der Waals surface area contributed by atoms with E-state index in [2.05, 4.69) is 16.1 Å². The van der Waals surface area contributed by atoms with E-state index in [9.17, 15) is 4.79 Å². The summed E-state index contributed by atoms with van der Waals surface area (Å²) in [6.07, 6.45) is 8.59. The number of hydrogen-bond acceptors (Lipinski definition) is 4. The van der Waals surface area contributed by atoms with Crippen molar-refractivity contribution in [3.8, 4) is 5.69 Å². The highest BCUT2D eigenvalue weighted by Crippen LogP contribution is 2.22. The second kappa shape index (κ2) is 6.64. The maximum Gasteiger partial charge on any atom is 0.335 e. The molecule has 0 spiro atoms. The van der Waals surface area contributed by atoms with Crippen molar-refractivity contribution in [3.05, 3.63) is 53.9 Å². The van der Waals surface area contributed by atoms with Gasteiger partial charge in [-0.05, 0) is 61.6 Å². The lowest BCUT2D eigenvalue weighted by Crippen LogP contribution is -2.22. The SMILES string of the molecule is O=C(O)c1ccc(-n2ncc3cc(CCOC4CCC4)cnc32)cc1. The molecular weight excluding hydrogens is 318 g/mol. The average Bonchev–Trinajstić information content (AvgIpc) is 3.00. The summed E-state index contributed by atoms with van der Waals surface area (Å²) in [4.78, 5) is 15.5. The molecule has 128 valence electrons. The van der Waals surface area contributed by atoms with Crippen molar-refractivity contribution in [1.29, 1.82) is 0 Å². The highest BCUT2D eigenvalue weighted by Gasteiger charge is 2.17. The smallest absolute Gasteiger partial charge is 0.335 e. The molecule has 0 aliphatic heterocycles. The molecule has 1 aromatic carbocycles. The molecule has 6 heteroatoms. The first-order valence-electron chi connectivity index (χ1n) is 8.49. The maximum atomic E-state index is 11.0. The van der Waals surface area contributed by atoms with E-state index < -0.39 is 5.97 Å². The third kappa shape index (κ3) is 3.25. The van der Waals surface area contributed by atoms with Gasteiger partial charge in [-0.2, -0.15) is 5.10 Å². The number of aromatic carboxylic acids is 1. The molecule has 2 heterocycles. The topological polar surface area (TPSA) is 77.2 Å². The average molecular weight is 337 g/mol. The molecule has 6 nitrogen and oxygen atoms in total. The van der Waals surface area contributed by atoms with Gasteiger partial charge in [-0.25, -0.2) is 14.5 Å². The summed E-state index contributed by atoms with van der Waals surface area (Å²) < 4.78 is 7.52. The number of aromatic nitrogens is 3. The van der Waals surface area contributed by atoms with E-state index in [1.807, 2.05) is 6.20 Å². The van der Waals surface area contributed by atoms with Gasteiger partial charge in [0.05, 0.1) is 30.2 Å². The Morgan fingerprint density at radius 3 is 2.72 bits per heavy atom. The van der Waals surface area contributed by atoms with Crippen LogP contribution < -0.4 is 0 Å². The van der Waals surface area contributed by atoms with E-state index in [-0.39, 0.29) is 5.56 Å². The van der Waals surface area contributed by atoms with Crippen LogP contribution in [0.4, 0.5) is 0 Å². The number of benzene rings is 1. The molecule has 25 heavy (non-hydrogen) atoms. The van der Waals surface area contributed by atoms with Crippen molar-refractivity contribution in [2.75, 3.05) is 6.61 Å². The standard InChI is InChI=1S/C19H19N3O3/c23-19(24)14-4-6-16(7-5-14)22-18-15(12-21-22)10-13(11-20-18)8-9-25-17-2-1-3-17/h4-7,10-12,17H,1-3,8-9H2,(H,23,24). The van der Waals surface area contributed by atoms with Crippen LogP contribution in [0.25, 0.3) is 16.7 Å². The molecule has 1 aliphatic carbocycles. The summed E-state index contributed by atoms with van der Waals surface area (Å²) in [7, 11) is 0. The molecular formula is C19H19N3O3. The minimum absolute atomic E-state index is 0.252. The van der Waals surface area contributed by atoms with Crippen molar-refractivity contribution in [3.63, 3.8) is 0 Å². The van der Waals surface area contributed by atoms with Gasteiger partial charge in [0.25, 0.3) is 0 Å². The predicted octanol–water partition coefficient (Wildman–Crippen LogP) is 3.23. The molecule has 0 radical (unpaired) electrons. The summed E-state index contributed by atoms with van der Waals surface area (Å²) in [6.45, 7) is 0.725. The first-order chi connectivity index (χ1) is 12.2. The number of nitrogens with zero attached hydrogens (tertiary/aromatic N) is 3. The number of carbonyl (C=O) groups is 1. The van der Waals surface area contributed by atoms with Crippen LogP contribution in [0.15, 0.2) is 42.7 Å². The Balaban J connectivity index is 1.51. The minimum atomic E-state index is -0.941. The van der Waals surface area contributed by atoms with Crippen molar-refractivity contribution in [2.24, 2.45) is 0 Å². The van der Waals surface area contributed by atoms with E-state index in [0.29, 0.717) is 6.10 Å². The summed E-state index contributed by atoms with van der Waals surface area (Å²) in [5.41, 5.74) is 2.93. The molecule has 1 N–H and O–H groups in total. The number of fused-ring (bicyclic) bond motifs is 1. The first-order valence-corrected chi connectivity index (χ1v) is 8.49. The van der Waals surface area contributed by atoms with E-state index in [1.165, 1.54) is 19.3 Å². The van der Waals surface area contributed by atoms with Gasteiger partial charge in [-0.15, -0.1) is 0 Å². The summed E-state index contributed by atoms with van der Waals surface area (Å²) in [5, 5.41) is 14.3. The Bertz CT molecular complexity index is 898. The third-order valence-corrected chi connectivity index (χ3v) is 4.62. The number of hydrogen-bond donors (Lipinski definition) is 1. The second-order valence-electron chi connectivity index (χ2n) is 6.34. The molecule has 3 aromatic rings. The molecule has 1 aliphatic rings. The summed E-state index contributed by atoms with van der Waals surface area (Å²) in [6, 6.07) is 8.69. The molecule has 1 saturated carbocycles. The molecule has 1 fully saturated rings. The van der Waals surface area contributed by atoms with Crippen LogP contribution in [0.3, 0.4) is 0 Å². The number of pyridine rings is 1. The van der Waals surface area contributed by atoms with Crippen molar-refractivity contribution in [2.45, 2.75) is 31.8 Å². The van der Waals surface area contributed by atoms with E-state index in [0.717, 1.165) is 35.3 Å². The zero-order valence-electron chi connectivity index (χ0n) is 13.8. The fourth-order valence-corrected chi connectivity index (χ4v) is 2.92. The quantitative estimate of drug-likeness (QED) is 0.747. The number of rotatable bonds is 6. The Hall–Kier alpha value is -2.73. The van der Waals surface area contributed by atoms with Crippen LogP contribution in [-0.4, -0.2) is 38.6 Å². The van der Waals surface area contributed by atoms with Crippen LogP contribution in [0.1, 0.15) is 35.2 Å². The lowest BCUT2D eigenvalue weighted by Gasteiger charge is -2.25. The van der Waals surface area contributed by atoms with Gasteiger partial charge in [0.1, 0.15) is 0 Å². The molecule has 0 saturated heterocycles. The van der Waals surface area contributed by atoms with Crippen molar-refractivity contribution >= 4 is 17.0 Å². The number of ether oxygens (including phenoxy) is 1. The van der Waals surface area contributed by atoms with Gasteiger partial charge in [0, 0.05) is 11.6 Å². The zero-order chi connectivity index (χ0) is 17.2. The van der Waals surface area contributed by atoms with E-state index >= 15 is 0 Å². The fraction of sp³-hybridized carbons (Fsp3) is 0.316.